The van der Waals surface area contributed by atoms with Crippen molar-refractivity contribution in [3.63, 3.8) is 0 Å². The molecule has 1 aromatic rings. The topological polar surface area (TPSA) is 56.3 Å². The van der Waals surface area contributed by atoms with Crippen molar-refractivity contribution in [1.82, 2.24) is 4.90 Å². The van der Waals surface area contributed by atoms with Crippen molar-refractivity contribution >= 4 is 22.9 Å². The number of para-hydroxylation sites is 1. The molecule has 0 bridgehead atoms. The molecule has 1 aliphatic heterocycles. The highest BCUT2D eigenvalue weighted by atomic mass is 32.1. The van der Waals surface area contributed by atoms with Crippen LogP contribution in [0.5, 0.6) is 0 Å². The summed E-state index contributed by atoms with van der Waals surface area (Å²) in [6, 6.07) is 12.5. The molecule has 5 heteroatoms. The molecule has 2 rings (SSSR count). The number of anilines is 1. The van der Waals surface area contributed by atoms with Crippen molar-refractivity contribution in [2.45, 2.75) is 6.92 Å². The van der Waals surface area contributed by atoms with E-state index in [2.05, 4.69) is 28.0 Å². The average Bonchev–Trinajstić information content (AvgIpc) is 2.48. The predicted octanol–water partition coefficient (Wildman–Crippen LogP) is 1.89. The van der Waals surface area contributed by atoms with E-state index in [0.717, 1.165) is 31.9 Å². The molecule has 0 amide bonds. The number of rotatable bonds is 3. The van der Waals surface area contributed by atoms with Crippen LogP contribution in [-0.4, -0.2) is 36.1 Å². The third-order valence-electron chi connectivity index (χ3n) is 3.60. The van der Waals surface area contributed by atoms with Gasteiger partial charge in [-0.3, -0.25) is 0 Å². The van der Waals surface area contributed by atoms with Crippen LogP contribution in [0, 0.1) is 11.3 Å². The molecule has 2 N–H and O–H groups in total. The average molecular weight is 286 g/mol. The number of piperazine rings is 1. The molecule has 1 aliphatic rings. The van der Waals surface area contributed by atoms with Crippen LogP contribution in [0.15, 0.2) is 41.6 Å². The van der Waals surface area contributed by atoms with E-state index in [1.54, 1.807) is 0 Å². The highest BCUT2D eigenvalue weighted by Crippen LogP contribution is 2.18. The molecular weight excluding hydrogens is 268 g/mol. The van der Waals surface area contributed by atoms with Crippen LogP contribution < -0.4 is 10.6 Å². The van der Waals surface area contributed by atoms with Gasteiger partial charge in [-0.15, -0.1) is 0 Å². The van der Waals surface area contributed by atoms with Gasteiger partial charge in [0.1, 0.15) is 16.6 Å². The molecular formula is C15H18N4S. The van der Waals surface area contributed by atoms with Gasteiger partial charge in [-0.1, -0.05) is 30.4 Å². The first-order valence-corrected chi connectivity index (χ1v) is 7.00. The van der Waals surface area contributed by atoms with E-state index in [0.29, 0.717) is 5.57 Å². The predicted molar refractivity (Wildman–Crippen MR) is 85.3 cm³/mol. The van der Waals surface area contributed by atoms with Gasteiger partial charge in [0.15, 0.2) is 0 Å². The zero-order valence-corrected chi connectivity index (χ0v) is 12.4. The molecule has 104 valence electrons. The second-order valence-corrected chi connectivity index (χ2v) is 5.19. The van der Waals surface area contributed by atoms with E-state index in [-0.39, 0.29) is 4.99 Å². The molecule has 4 nitrogen and oxygen atoms in total. The minimum Gasteiger partial charge on any atom is -0.389 e. The Morgan fingerprint density at radius 3 is 2.30 bits per heavy atom. The lowest BCUT2D eigenvalue weighted by atomic mass is 10.2. The molecule has 1 aromatic carbocycles. The largest absolute Gasteiger partial charge is 0.389 e. The minimum atomic E-state index is 0.176. The zero-order chi connectivity index (χ0) is 14.5. The molecule has 0 radical (unpaired) electrons. The number of hydrogen-bond acceptors (Lipinski definition) is 4. The molecule has 1 saturated heterocycles. The number of benzene rings is 1. The number of thiocarbonyl (C=S) groups is 1. The van der Waals surface area contributed by atoms with Crippen LogP contribution >= 0.6 is 12.2 Å². The van der Waals surface area contributed by atoms with Crippen LogP contribution in [-0.2, 0) is 0 Å². The summed E-state index contributed by atoms with van der Waals surface area (Å²) in [7, 11) is 0. The Morgan fingerprint density at radius 2 is 1.80 bits per heavy atom. The standard InChI is InChI=1S/C15H18N4S/c1-12(14(11-16)15(17)20)18-7-9-19(10-8-18)13-5-3-2-4-6-13/h2-6H,7-10H2,1H3,(H2,17,20)/b14-12-. The fourth-order valence-electron chi connectivity index (χ4n) is 2.41. The summed E-state index contributed by atoms with van der Waals surface area (Å²) in [6.07, 6.45) is 0. The second kappa shape index (κ2) is 6.40. The van der Waals surface area contributed by atoms with Gasteiger partial charge >= 0.3 is 0 Å². The van der Waals surface area contributed by atoms with E-state index >= 15 is 0 Å². The molecule has 0 aliphatic carbocycles. The number of nitrogens with zero attached hydrogens (tertiary/aromatic N) is 3. The van der Waals surface area contributed by atoms with Gasteiger partial charge in [0, 0.05) is 37.6 Å². The van der Waals surface area contributed by atoms with E-state index in [9.17, 15) is 0 Å². The Hall–Kier alpha value is -2.06. The summed E-state index contributed by atoms with van der Waals surface area (Å²) in [5.41, 5.74) is 8.13. The third kappa shape index (κ3) is 3.09. The van der Waals surface area contributed by atoms with Crippen molar-refractivity contribution in [2.75, 3.05) is 31.1 Å². The van der Waals surface area contributed by atoms with E-state index in [1.165, 1.54) is 5.69 Å². The Kier molecular flexibility index (Phi) is 4.59. The molecule has 1 fully saturated rings. The molecule has 0 saturated carbocycles. The Balaban J connectivity index is 2.05. The summed E-state index contributed by atoms with van der Waals surface area (Å²) in [4.78, 5) is 4.70. The minimum absolute atomic E-state index is 0.176. The summed E-state index contributed by atoms with van der Waals surface area (Å²) < 4.78 is 0. The zero-order valence-electron chi connectivity index (χ0n) is 11.5. The maximum Gasteiger partial charge on any atom is 0.116 e. The van der Waals surface area contributed by atoms with Crippen LogP contribution in [0.3, 0.4) is 0 Å². The lowest BCUT2D eigenvalue weighted by Gasteiger charge is -2.38. The highest BCUT2D eigenvalue weighted by Gasteiger charge is 2.19. The third-order valence-corrected chi connectivity index (χ3v) is 3.80. The Morgan fingerprint density at radius 1 is 1.20 bits per heavy atom. The summed E-state index contributed by atoms with van der Waals surface area (Å²) >= 11 is 4.92. The van der Waals surface area contributed by atoms with Crippen molar-refractivity contribution in [3.05, 3.63) is 41.6 Å². The van der Waals surface area contributed by atoms with Crippen LogP contribution in [0.25, 0.3) is 0 Å². The van der Waals surface area contributed by atoms with Crippen LogP contribution in [0.4, 0.5) is 5.69 Å². The maximum atomic E-state index is 9.12. The second-order valence-electron chi connectivity index (χ2n) is 4.75. The summed E-state index contributed by atoms with van der Waals surface area (Å²) in [5, 5.41) is 9.12. The van der Waals surface area contributed by atoms with Crippen molar-refractivity contribution in [1.29, 1.82) is 5.26 Å². The van der Waals surface area contributed by atoms with Gasteiger partial charge in [-0.25, -0.2) is 0 Å². The first-order valence-electron chi connectivity index (χ1n) is 6.59. The number of allylic oxidation sites excluding steroid dienone is 1. The Bertz CT molecular complexity index is 551. The number of nitrogens with two attached hydrogens (primary N) is 1. The van der Waals surface area contributed by atoms with E-state index in [4.69, 9.17) is 23.2 Å². The van der Waals surface area contributed by atoms with Crippen molar-refractivity contribution < 1.29 is 0 Å². The highest BCUT2D eigenvalue weighted by molar-refractivity contribution is 7.80. The van der Waals surface area contributed by atoms with Gasteiger partial charge in [0.25, 0.3) is 0 Å². The molecule has 0 aromatic heterocycles. The molecule has 0 spiro atoms. The van der Waals surface area contributed by atoms with Crippen LogP contribution in [0.1, 0.15) is 6.92 Å². The number of hydrogen-bond donors (Lipinski definition) is 1. The lowest BCUT2D eigenvalue weighted by molar-refractivity contribution is 0.321. The fourth-order valence-corrected chi connectivity index (χ4v) is 2.60. The van der Waals surface area contributed by atoms with Gasteiger partial charge < -0.3 is 15.5 Å². The first-order chi connectivity index (χ1) is 9.63. The van der Waals surface area contributed by atoms with E-state index < -0.39 is 0 Å². The SMILES string of the molecule is C/C(=C(\C#N)C(N)=S)N1CCN(c2ccccc2)CC1. The molecule has 0 unspecified atom stereocenters. The normalized spacial score (nSPS) is 16.4. The quantitative estimate of drug-likeness (QED) is 0.522. The van der Waals surface area contributed by atoms with Gasteiger partial charge in [-0.2, -0.15) is 5.26 Å². The smallest absolute Gasteiger partial charge is 0.116 e. The molecule has 20 heavy (non-hydrogen) atoms. The van der Waals surface area contributed by atoms with Crippen LogP contribution in [0.2, 0.25) is 0 Å². The Labute approximate surface area is 125 Å². The summed E-state index contributed by atoms with van der Waals surface area (Å²) in [5.74, 6) is 0. The summed E-state index contributed by atoms with van der Waals surface area (Å²) in [6.45, 7) is 5.51. The monoisotopic (exact) mass is 286 g/mol. The van der Waals surface area contributed by atoms with Crippen molar-refractivity contribution in [3.8, 4) is 6.07 Å². The number of nitriles is 1. The van der Waals surface area contributed by atoms with Gasteiger partial charge in [0.05, 0.1) is 0 Å². The van der Waals surface area contributed by atoms with Gasteiger partial charge in [0.2, 0.25) is 0 Å². The first kappa shape index (κ1) is 14.4. The fraction of sp³-hybridized carbons (Fsp3) is 0.333. The lowest BCUT2D eigenvalue weighted by Crippen LogP contribution is -2.46. The van der Waals surface area contributed by atoms with Gasteiger partial charge in [-0.05, 0) is 19.1 Å². The molecule has 0 atom stereocenters. The molecule has 1 heterocycles. The van der Waals surface area contributed by atoms with E-state index in [1.807, 2.05) is 25.1 Å². The van der Waals surface area contributed by atoms with Crippen molar-refractivity contribution in [2.24, 2.45) is 5.73 Å². The maximum absolute atomic E-state index is 9.12.